The molecule has 1 aliphatic rings. The standard InChI is InChI=1S/C17H26FNO2/c1-4-9-20-15-11-16(14(19)10-13(15)18)21-12-5-7-17(2,3)8-6-12/h10-12H,4-9,19H2,1-3H3. The molecule has 1 aliphatic carbocycles. The van der Waals surface area contributed by atoms with Crippen LogP contribution in [0.1, 0.15) is 52.9 Å². The lowest BCUT2D eigenvalue weighted by molar-refractivity contribution is 0.0990. The summed E-state index contributed by atoms with van der Waals surface area (Å²) < 4.78 is 25.2. The fourth-order valence-electron chi connectivity index (χ4n) is 2.65. The van der Waals surface area contributed by atoms with Crippen LogP contribution in [-0.2, 0) is 0 Å². The van der Waals surface area contributed by atoms with E-state index in [1.807, 2.05) is 6.92 Å². The highest BCUT2D eigenvalue weighted by atomic mass is 19.1. The number of halogens is 1. The highest BCUT2D eigenvalue weighted by Gasteiger charge is 2.28. The van der Waals surface area contributed by atoms with Crippen LogP contribution in [0.15, 0.2) is 12.1 Å². The molecular formula is C17H26FNO2. The lowest BCUT2D eigenvalue weighted by atomic mass is 9.76. The van der Waals surface area contributed by atoms with E-state index in [-0.39, 0.29) is 11.9 Å². The summed E-state index contributed by atoms with van der Waals surface area (Å²) in [5.41, 5.74) is 6.60. The zero-order valence-corrected chi connectivity index (χ0v) is 13.2. The lowest BCUT2D eigenvalue weighted by Crippen LogP contribution is -2.28. The minimum Gasteiger partial charge on any atom is -0.490 e. The second-order valence-corrected chi connectivity index (χ2v) is 6.65. The second kappa shape index (κ2) is 6.54. The maximum absolute atomic E-state index is 13.8. The Labute approximate surface area is 126 Å². The third-order valence-corrected chi connectivity index (χ3v) is 4.11. The third kappa shape index (κ3) is 4.26. The van der Waals surface area contributed by atoms with Crippen molar-refractivity contribution < 1.29 is 13.9 Å². The Kier molecular flexibility index (Phi) is 4.96. The zero-order chi connectivity index (χ0) is 15.5. The number of nitrogen functional groups attached to an aromatic ring is 1. The van der Waals surface area contributed by atoms with Gasteiger partial charge in [0.2, 0.25) is 0 Å². The van der Waals surface area contributed by atoms with E-state index >= 15 is 0 Å². The molecule has 1 fully saturated rings. The van der Waals surface area contributed by atoms with Crippen molar-refractivity contribution in [3.05, 3.63) is 17.9 Å². The average Bonchev–Trinajstić information content (AvgIpc) is 2.42. The van der Waals surface area contributed by atoms with E-state index in [1.165, 1.54) is 6.07 Å². The molecule has 0 atom stereocenters. The van der Waals surface area contributed by atoms with Gasteiger partial charge in [-0.3, -0.25) is 0 Å². The quantitative estimate of drug-likeness (QED) is 0.811. The zero-order valence-electron chi connectivity index (χ0n) is 13.2. The fourth-order valence-corrected chi connectivity index (χ4v) is 2.65. The van der Waals surface area contributed by atoms with Gasteiger partial charge in [0.05, 0.1) is 18.4 Å². The molecule has 0 bridgehead atoms. The van der Waals surface area contributed by atoms with Crippen molar-refractivity contribution in [2.45, 2.75) is 59.0 Å². The van der Waals surface area contributed by atoms with E-state index in [4.69, 9.17) is 15.2 Å². The van der Waals surface area contributed by atoms with Gasteiger partial charge in [-0.15, -0.1) is 0 Å². The summed E-state index contributed by atoms with van der Waals surface area (Å²) >= 11 is 0. The van der Waals surface area contributed by atoms with Gasteiger partial charge in [0.15, 0.2) is 11.6 Å². The summed E-state index contributed by atoms with van der Waals surface area (Å²) in [6.07, 6.45) is 5.28. The Bertz CT molecular complexity index is 478. The molecule has 1 aromatic carbocycles. The first-order chi connectivity index (χ1) is 9.91. The van der Waals surface area contributed by atoms with Gasteiger partial charge >= 0.3 is 0 Å². The Morgan fingerprint density at radius 2 is 1.90 bits per heavy atom. The molecule has 3 nitrogen and oxygen atoms in total. The van der Waals surface area contributed by atoms with Crippen molar-refractivity contribution >= 4 is 5.69 Å². The predicted octanol–water partition coefficient (Wildman–Crippen LogP) is 4.54. The Morgan fingerprint density at radius 3 is 2.52 bits per heavy atom. The molecule has 0 saturated heterocycles. The summed E-state index contributed by atoms with van der Waals surface area (Å²) in [5.74, 6) is 0.322. The first-order valence-electron chi connectivity index (χ1n) is 7.80. The minimum atomic E-state index is -0.432. The van der Waals surface area contributed by atoms with Crippen LogP contribution in [0.3, 0.4) is 0 Å². The van der Waals surface area contributed by atoms with E-state index in [0.717, 1.165) is 32.1 Å². The smallest absolute Gasteiger partial charge is 0.167 e. The third-order valence-electron chi connectivity index (χ3n) is 4.11. The minimum absolute atomic E-state index is 0.157. The van der Waals surface area contributed by atoms with Crippen LogP contribution in [0, 0.1) is 11.2 Å². The molecule has 2 rings (SSSR count). The van der Waals surface area contributed by atoms with Crippen LogP contribution in [0.25, 0.3) is 0 Å². The summed E-state index contributed by atoms with van der Waals surface area (Å²) in [4.78, 5) is 0. The molecular weight excluding hydrogens is 269 g/mol. The van der Waals surface area contributed by atoms with Crippen molar-refractivity contribution in [2.75, 3.05) is 12.3 Å². The molecule has 0 spiro atoms. The van der Waals surface area contributed by atoms with Crippen LogP contribution in [-0.4, -0.2) is 12.7 Å². The number of anilines is 1. The van der Waals surface area contributed by atoms with E-state index in [9.17, 15) is 4.39 Å². The fraction of sp³-hybridized carbons (Fsp3) is 0.647. The van der Waals surface area contributed by atoms with Gasteiger partial charge in [-0.25, -0.2) is 4.39 Å². The normalized spacial score (nSPS) is 18.5. The molecule has 0 radical (unpaired) electrons. The Morgan fingerprint density at radius 1 is 1.24 bits per heavy atom. The van der Waals surface area contributed by atoms with E-state index in [1.54, 1.807) is 6.07 Å². The molecule has 21 heavy (non-hydrogen) atoms. The molecule has 118 valence electrons. The number of rotatable bonds is 5. The first-order valence-corrected chi connectivity index (χ1v) is 7.80. The topological polar surface area (TPSA) is 44.5 Å². The number of benzene rings is 1. The van der Waals surface area contributed by atoms with Gasteiger partial charge in [0, 0.05) is 12.1 Å². The summed E-state index contributed by atoms with van der Waals surface area (Å²) in [5, 5.41) is 0. The molecule has 4 heteroatoms. The maximum atomic E-state index is 13.8. The first kappa shape index (κ1) is 15.9. The highest BCUT2D eigenvalue weighted by Crippen LogP contribution is 2.38. The maximum Gasteiger partial charge on any atom is 0.167 e. The van der Waals surface area contributed by atoms with Crippen LogP contribution in [0.5, 0.6) is 11.5 Å². The predicted molar refractivity (Wildman–Crippen MR) is 83.3 cm³/mol. The molecule has 1 saturated carbocycles. The van der Waals surface area contributed by atoms with E-state index in [0.29, 0.717) is 23.5 Å². The molecule has 0 unspecified atom stereocenters. The Hall–Kier alpha value is -1.45. The van der Waals surface area contributed by atoms with E-state index < -0.39 is 5.82 Å². The molecule has 2 N–H and O–H groups in total. The molecule has 0 aromatic heterocycles. The van der Waals surface area contributed by atoms with Crippen LogP contribution < -0.4 is 15.2 Å². The number of hydrogen-bond donors (Lipinski definition) is 1. The van der Waals surface area contributed by atoms with Crippen molar-refractivity contribution in [1.82, 2.24) is 0 Å². The van der Waals surface area contributed by atoms with Crippen molar-refractivity contribution in [1.29, 1.82) is 0 Å². The number of nitrogens with two attached hydrogens (primary N) is 1. The largest absolute Gasteiger partial charge is 0.490 e. The molecule has 0 aliphatic heterocycles. The lowest BCUT2D eigenvalue weighted by Gasteiger charge is -2.34. The summed E-state index contributed by atoms with van der Waals surface area (Å²) in [6.45, 7) is 7.03. The average molecular weight is 295 g/mol. The van der Waals surface area contributed by atoms with Gasteiger partial charge in [0.1, 0.15) is 5.75 Å². The van der Waals surface area contributed by atoms with Gasteiger partial charge in [-0.1, -0.05) is 20.8 Å². The number of hydrogen-bond acceptors (Lipinski definition) is 3. The molecule has 0 amide bonds. The van der Waals surface area contributed by atoms with Crippen LogP contribution in [0.2, 0.25) is 0 Å². The van der Waals surface area contributed by atoms with Crippen LogP contribution >= 0.6 is 0 Å². The van der Waals surface area contributed by atoms with E-state index in [2.05, 4.69) is 13.8 Å². The molecule has 1 aromatic rings. The number of ether oxygens (including phenoxy) is 2. The van der Waals surface area contributed by atoms with Crippen molar-refractivity contribution in [2.24, 2.45) is 5.41 Å². The van der Waals surface area contributed by atoms with Gasteiger partial charge in [0.25, 0.3) is 0 Å². The Balaban J connectivity index is 2.05. The van der Waals surface area contributed by atoms with Gasteiger partial charge in [-0.05, 0) is 37.5 Å². The summed E-state index contributed by atoms with van der Waals surface area (Å²) in [6, 6.07) is 2.87. The van der Waals surface area contributed by atoms with Crippen LogP contribution in [0.4, 0.5) is 10.1 Å². The second-order valence-electron chi connectivity index (χ2n) is 6.65. The monoisotopic (exact) mass is 295 g/mol. The molecule has 0 heterocycles. The summed E-state index contributed by atoms with van der Waals surface area (Å²) in [7, 11) is 0. The van der Waals surface area contributed by atoms with Crippen molar-refractivity contribution in [3.8, 4) is 11.5 Å². The van der Waals surface area contributed by atoms with Gasteiger partial charge < -0.3 is 15.2 Å². The van der Waals surface area contributed by atoms with Gasteiger partial charge in [-0.2, -0.15) is 0 Å². The van der Waals surface area contributed by atoms with Crippen molar-refractivity contribution in [3.63, 3.8) is 0 Å². The SMILES string of the molecule is CCCOc1cc(OC2CCC(C)(C)CC2)c(N)cc1F. The highest BCUT2D eigenvalue weighted by molar-refractivity contribution is 5.56.